The minimum Gasteiger partial charge on any atom is -0.483 e. The van der Waals surface area contributed by atoms with Gasteiger partial charge in [0.15, 0.2) is 0 Å². The molecule has 0 aliphatic carbocycles. The Morgan fingerprint density at radius 3 is 3.13 bits per heavy atom. The molecule has 0 saturated carbocycles. The Labute approximate surface area is 89.2 Å². The van der Waals surface area contributed by atoms with E-state index in [1.54, 1.807) is 6.08 Å². The fraction of sp³-hybridized carbons (Fsp3) is 0.727. The van der Waals surface area contributed by atoms with Crippen LogP contribution in [0.3, 0.4) is 0 Å². The van der Waals surface area contributed by atoms with E-state index in [1.807, 2.05) is 6.92 Å². The maximum Gasteiger partial charge on any atom is 0.373 e. The van der Waals surface area contributed by atoms with Gasteiger partial charge in [-0.2, -0.15) is 0 Å². The third-order valence-corrected chi connectivity index (χ3v) is 3.03. The average Bonchev–Trinajstić information content (AvgIpc) is 2.28. The van der Waals surface area contributed by atoms with Crippen molar-refractivity contribution < 1.29 is 19.0 Å². The highest BCUT2D eigenvalue weighted by Crippen LogP contribution is 2.32. The molecule has 0 aromatic heterocycles. The molecule has 0 radical (unpaired) electrons. The van der Waals surface area contributed by atoms with Crippen molar-refractivity contribution in [1.29, 1.82) is 0 Å². The fourth-order valence-electron chi connectivity index (χ4n) is 2.19. The van der Waals surface area contributed by atoms with Crippen LogP contribution >= 0.6 is 0 Å². The Balaban J connectivity index is 2.15. The summed E-state index contributed by atoms with van der Waals surface area (Å²) < 4.78 is 15.8. The van der Waals surface area contributed by atoms with E-state index in [1.165, 1.54) is 7.11 Å². The lowest BCUT2D eigenvalue weighted by molar-refractivity contribution is -0.145. The van der Waals surface area contributed by atoms with Gasteiger partial charge in [-0.05, 0) is 25.8 Å². The Kier molecular flexibility index (Phi) is 2.95. The van der Waals surface area contributed by atoms with Crippen molar-refractivity contribution >= 4 is 5.97 Å². The summed E-state index contributed by atoms with van der Waals surface area (Å²) in [4.78, 5) is 11.3. The predicted molar refractivity (Wildman–Crippen MR) is 53.1 cm³/mol. The molecule has 1 unspecified atom stereocenters. The summed E-state index contributed by atoms with van der Waals surface area (Å²) in [6.45, 7) is 2.74. The number of ether oxygens (including phenoxy) is 3. The van der Waals surface area contributed by atoms with E-state index in [0.29, 0.717) is 5.92 Å². The van der Waals surface area contributed by atoms with Crippen LogP contribution < -0.4 is 0 Å². The van der Waals surface area contributed by atoms with E-state index in [-0.39, 0.29) is 18.0 Å². The number of carbonyl (C=O) groups excluding carboxylic acids is 1. The van der Waals surface area contributed by atoms with Crippen LogP contribution in [0.1, 0.15) is 19.8 Å². The van der Waals surface area contributed by atoms with Crippen LogP contribution in [0.4, 0.5) is 0 Å². The third-order valence-electron chi connectivity index (χ3n) is 3.03. The predicted octanol–water partition coefficient (Wildman–Crippen LogP) is 1.26. The maximum atomic E-state index is 11.3. The molecular weight excluding hydrogens is 196 g/mol. The summed E-state index contributed by atoms with van der Waals surface area (Å²) in [6.07, 6.45) is 3.94. The second-order valence-corrected chi connectivity index (χ2v) is 3.99. The minimum absolute atomic E-state index is 0.0107. The second kappa shape index (κ2) is 4.23. The first-order valence-corrected chi connectivity index (χ1v) is 5.30. The Morgan fingerprint density at radius 2 is 2.40 bits per heavy atom. The molecule has 0 amide bonds. The highest BCUT2D eigenvalue weighted by atomic mass is 16.6. The number of esters is 1. The van der Waals surface area contributed by atoms with Gasteiger partial charge >= 0.3 is 5.97 Å². The molecule has 0 N–H and O–H groups in total. The molecule has 2 aliphatic heterocycles. The number of rotatable bonds is 1. The van der Waals surface area contributed by atoms with E-state index in [0.717, 1.165) is 19.4 Å². The van der Waals surface area contributed by atoms with Crippen molar-refractivity contribution in [1.82, 2.24) is 0 Å². The molecule has 0 aromatic rings. The molecule has 15 heavy (non-hydrogen) atoms. The number of fused-ring (bicyclic) bond motifs is 1. The molecule has 4 nitrogen and oxygen atoms in total. The van der Waals surface area contributed by atoms with Crippen molar-refractivity contribution in [3.63, 3.8) is 0 Å². The van der Waals surface area contributed by atoms with Gasteiger partial charge in [-0.25, -0.2) is 4.79 Å². The van der Waals surface area contributed by atoms with Crippen LogP contribution in [0.25, 0.3) is 0 Å². The van der Waals surface area contributed by atoms with Crippen molar-refractivity contribution in [2.75, 3.05) is 13.7 Å². The average molecular weight is 212 g/mol. The van der Waals surface area contributed by atoms with Crippen molar-refractivity contribution in [2.24, 2.45) is 5.92 Å². The number of hydrogen-bond donors (Lipinski definition) is 0. The van der Waals surface area contributed by atoms with Gasteiger partial charge in [0.05, 0.1) is 13.2 Å². The van der Waals surface area contributed by atoms with Gasteiger partial charge in [-0.3, -0.25) is 0 Å². The summed E-state index contributed by atoms with van der Waals surface area (Å²) in [6, 6.07) is 0. The zero-order valence-electron chi connectivity index (χ0n) is 9.06. The molecule has 1 saturated heterocycles. The topological polar surface area (TPSA) is 44.8 Å². The first-order valence-electron chi connectivity index (χ1n) is 5.30. The van der Waals surface area contributed by atoms with Gasteiger partial charge in [0.2, 0.25) is 5.76 Å². The molecule has 0 spiro atoms. The van der Waals surface area contributed by atoms with E-state index in [4.69, 9.17) is 9.47 Å². The molecule has 2 aliphatic rings. The molecule has 84 valence electrons. The molecule has 4 heteroatoms. The normalized spacial score (nSPS) is 34.8. The summed E-state index contributed by atoms with van der Waals surface area (Å²) in [5.74, 6) is 0.231. The van der Waals surface area contributed by atoms with E-state index in [2.05, 4.69) is 4.74 Å². The van der Waals surface area contributed by atoms with Gasteiger partial charge < -0.3 is 14.2 Å². The van der Waals surface area contributed by atoms with Gasteiger partial charge in [0, 0.05) is 12.5 Å². The molecular formula is C11H16O4. The molecule has 3 atom stereocenters. The van der Waals surface area contributed by atoms with E-state index in [9.17, 15) is 4.79 Å². The SMILES string of the molecule is COC(=O)C1=CC2OCCC[C@H]2[C@@H](C)O1. The van der Waals surface area contributed by atoms with Gasteiger partial charge in [0.1, 0.15) is 6.10 Å². The lowest BCUT2D eigenvalue weighted by atomic mass is 9.87. The number of hydrogen-bond acceptors (Lipinski definition) is 4. The molecule has 0 bridgehead atoms. The maximum absolute atomic E-state index is 11.3. The van der Waals surface area contributed by atoms with Gasteiger partial charge in [0.25, 0.3) is 0 Å². The van der Waals surface area contributed by atoms with Crippen molar-refractivity contribution in [2.45, 2.75) is 32.0 Å². The van der Waals surface area contributed by atoms with Gasteiger partial charge in [-0.1, -0.05) is 0 Å². The highest BCUT2D eigenvalue weighted by molar-refractivity contribution is 5.86. The first-order chi connectivity index (χ1) is 7.22. The van der Waals surface area contributed by atoms with Gasteiger partial charge in [-0.15, -0.1) is 0 Å². The summed E-state index contributed by atoms with van der Waals surface area (Å²) >= 11 is 0. The Morgan fingerprint density at radius 1 is 1.60 bits per heavy atom. The van der Waals surface area contributed by atoms with Crippen LogP contribution in [0.15, 0.2) is 11.8 Å². The zero-order valence-corrected chi connectivity index (χ0v) is 9.06. The second-order valence-electron chi connectivity index (χ2n) is 3.99. The molecule has 2 heterocycles. The minimum atomic E-state index is -0.422. The quantitative estimate of drug-likeness (QED) is 0.614. The van der Waals surface area contributed by atoms with E-state index < -0.39 is 5.97 Å². The van der Waals surface area contributed by atoms with E-state index >= 15 is 0 Å². The standard InChI is InChI=1S/C11H16O4/c1-7-8-4-3-5-14-9(8)6-10(15-7)11(12)13-2/h6-9H,3-5H2,1-2H3/t7-,8+,9?/m1/s1. The molecule has 1 fully saturated rings. The Bertz CT molecular complexity index is 284. The van der Waals surface area contributed by atoms with Crippen molar-refractivity contribution in [3.05, 3.63) is 11.8 Å². The highest BCUT2D eigenvalue weighted by Gasteiger charge is 2.36. The largest absolute Gasteiger partial charge is 0.483 e. The third kappa shape index (κ3) is 2.00. The fourth-order valence-corrected chi connectivity index (χ4v) is 2.19. The number of methoxy groups -OCH3 is 1. The van der Waals surface area contributed by atoms with Crippen LogP contribution in [0.2, 0.25) is 0 Å². The first kappa shape index (κ1) is 10.5. The monoisotopic (exact) mass is 212 g/mol. The molecule has 2 rings (SSSR count). The van der Waals surface area contributed by atoms with Crippen LogP contribution in [0.5, 0.6) is 0 Å². The number of carbonyl (C=O) groups is 1. The Hall–Kier alpha value is -1.03. The summed E-state index contributed by atoms with van der Waals surface area (Å²) in [5, 5.41) is 0. The zero-order chi connectivity index (χ0) is 10.8. The lowest BCUT2D eigenvalue weighted by Gasteiger charge is -2.37. The smallest absolute Gasteiger partial charge is 0.373 e. The summed E-state index contributed by atoms with van der Waals surface area (Å²) in [5.41, 5.74) is 0. The van der Waals surface area contributed by atoms with Crippen LogP contribution in [-0.4, -0.2) is 31.9 Å². The van der Waals surface area contributed by atoms with Crippen LogP contribution in [-0.2, 0) is 19.0 Å². The van der Waals surface area contributed by atoms with Crippen LogP contribution in [0, 0.1) is 5.92 Å². The lowest BCUT2D eigenvalue weighted by Crippen LogP contribution is -2.40. The summed E-state index contributed by atoms with van der Waals surface area (Å²) in [7, 11) is 1.35. The molecule has 0 aromatic carbocycles. The van der Waals surface area contributed by atoms with Crippen molar-refractivity contribution in [3.8, 4) is 0 Å².